The van der Waals surface area contributed by atoms with E-state index in [0.717, 1.165) is 0 Å². The third-order valence-electron chi connectivity index (χ3n) is 4.16. The highest BCUT2D eigenvalue weighted by Gasteiger charge is 2.12. The van der Waals surface area contributed by atoms with Crippen LogP contribution in [-0.4, -0.2) is 38.1 Å². The van der Waals surface area contributed by atoms with Crippen LogP contribution in [0.3, 0.4) is 0 Å². The van der Waals surface area contributed by atoms with Gasteiger partial charge in [0.15, 0.2) is 0 Å². The van der Waals surface area contributed by atoms with E-state index in [9.17, 15) is 0 Å². The fourth-order valence-corrected chi connectivity index (χ4v) is 2.93. The Morgan fingerprint density at radius 3 is 2.21 bits per heavy atom. The summed E-state index contributed by atoms with van der Waals surface area (Å²) in [5.41, 5.74) is 3.14. The first-order chi connectivity index (χ1) is 9.40. The van der Waals surface area contributed by atoms with Crippen LogP contribution in [0.25, 0.3) is 0 Å². The van der Waals surface area contributed by atoms with Crippen molar-refractivity contribution in [2.45, 2.75) is 38.5 Å². The van der Waals surface area contributed by atoms with Gasteiger partial charge in [0.1, 0.15) is 0 Å². The van der Waals surface area contributed by atoms with Crippen molar-refractivity contribution in [2.75, 3.05) is 33.2 Å². The minimum absolute atomic E-state index is 1.17. The molecule has 1 aromatic rings. The van der Waals surface area contributed by atoms with Crippen LogP contribution >= 0.6 is 0 Å². The molecular formula is C17H28N2. The molecule has 0 bridgehead atoms. The maximum atomic E-state index is 3.22. The monoisotopic (exact) mass is 260 g/mol. The fraction of sp³-hybridized carbons (Fsp3) is 0.647. The van der Waals surface area contributed by atoms with Crippen LogP contribution in [0.1, 0.15) is 36.8 Å². The van der Waals surface area contributed by atoms with Crippen LogP contribution in [0.2, 0.25) is 0 Å². The van der Waals surface area contributed by atoms with E-state index in [1.807, 2.05) is 7.05 Å². The largest absolute Gasteiger partial charge is 0.320 e. The van der Waals surface area contributed by atoms with Crippen molar-refractivity contribution < 1.29 is 0 Å². The van der Waals surface area contributed by atoms with Crippen molar-refractivity contribution >= 4 is 0 Å². The predicted octanol–water partition coefficient (Wildman–Crippen LogP) is 2.87. The average molecular weight is 260 g/mol. The summed E-state index contributed by atoms with van der Waals surface area (Å²) in [6.07, 6.45) is 7.90. The molecule has 0 radical (unpaired) electrons. The molecule has 0 spiro atoms. The molecule has 0 fully saturated rings. The van der Waals surface area contributed by atoms with E-state index in [4.69, 9.17) is 0 Å². The van der Waals surface area contributed by atoms with Crippen molar-refractivity contribution in [2.24, 2.45) is 0 Å². The second-order valence-electron chi connectivity index (χ2n) is 5.63. The van der Waals surface area contributed by atoms with Crippen LogP contribution in [0, 0.1) is 0 Å². The van der Waals surface area contributed by atoms with Crippen LogP contribution in [0.4, 0.5) is 0 Å². The van der Waals surface area contributed by atoms with E-state index in [-0.39, 0.29) is 0 Å². The molecule has 2 heteroatoms. The molecular weight excluding hydrogens is 232 g/mol. The number of hydrogen-bond acceptors (Lipinski definition) is 2. The minimum atomic E-state index is 1.17. The molecule has 1 aromatic carbocycles. The van der Waals surface area contributed by atoms with Gasteiger partial charge in [-0.1, -0.05) is 37.1 Å². The summed E-state index contributed by atoms with van der Waals surface area (Å²) >= 11 is 0. The third kappa shape index (κ3) is 4.96. The predicted molar refractivity (Wildman–Crippen MR) is 82.7 cm³/mol. The van der Waals surface area contributed by atoms with Crippen molar-refractivity contribution in [3.05, 3.63) is 35.4 Å². The zero-order valence-corrected chi connectivity index (χ0v) is 12.3. The first-order valence-electron chi connectivity index (χ1n) is 7.84. The second kappa shape index (κ2) is 8.34. The first-order valence-corrected chi connectivity index (χ1v) is 7.84. The fourth-order valence-electron chi connectivity index (χ4n) is 2.93. The van der Waals surface area contributed by atoms with E-state index >= 15 is 0 Å². The number of fused-ring (bicyclic) bond motifs is 1. The summed E-state index contributed by atoms with van der Waals surface area (Å²) in [5.74, 6) is 0. The highest BCUT2D eigenvalue weighted by Crippen LogP contribution is 2.15. The molecule has 0 unspecified atom stereocenters. The minimum Gasteiger partial charge on any atom is -0.320 e. The van der Waals surface area contributed by atoms with Crippen molar-refractivity contribution in [3.8, 4) is 0 Å². The van der Waals surface area contributed by atoms with Crippen LogP contribution in [0.15, 0.2) is 24.3 Å². The highest BCUT2D eigenvalue weighted by atomic mass is 15.1. The lowest BCUT2D eigenvalue weighted by molar-refractivity contribution is 0.280. The lowest BCUT2D eigenvalue weighted by atomic mass is 10.0. The van der Waals surface area contributed by atoms with E-state index in [2.05, 4.69) is 34.5 Å². The van der Waals surface area contributed by atoms with Gasteiger partial charge in [0.2, 0.25) is 0 Å². The summed E-state index contributed by atoms with van der Waals surface area (Å²) in [7, 11) is 2.04. The Hall–Kier alpha value is -0.860. The molecule has 19 heavy (non-hydrogen) atoms. The maximum Gasteiger partial charge on any atom is 0.00221 e. The van der Waals surface area contributed by atoms with Crippen LogP contribution in [0.5, 0.6) is 0 Å². The van der Waals surface area contributed by atoms with Gasteiger partial charge in [-0.05, 0) is 56.9 Å². The average Bonchev–Trinajstić information content (AvgIpc) is 2.65. The lowest BCUT2D eigenvalue weighted by Gasteiger charge is -2.19. The lowest BCUT2D eigenvalue weighted by Crippen LogP contribution is -2.27. The zero-order chi connectivity index (χ0) is 13.3. The van der Waals surface area contributed by atoms with Crippen LogP contribution in [-0.2, 0) is 12.8 Å². The number of nitrogens with zero attached hydrogens (tertiary/aromatic N) is 1. The molecule has 106 valence electrons. The molecule has 1 aliphatic heterocycles. The number of rotatable bonds is 7. The number of unbranched alkanes of at least 4 members (excludes halogenated alkanes) is 3. The standard InChI is InChI=1S/C17H28N2/c1-18-12-6-2-3-7-13-19-14-10-16-8-4-5-9-17(16)11-15-19/h4-5,8-9,18H,2-3,6-7,10-15H2,1H3. The van der Waals surface area contributed by atoms with Gasteiger partial charge >= 0.3 is 0 Å². The maximum absolute atomic E-state index is 3.22. The Morgan fingerprint density at radius 1 is 0.947 bits per heavy atom. The topological polar surface area (TPSA) is 15.3 Å². The van der Waals surface area contributed by atoms with Crippen molar-refractivity contribution in [3.63, 3.8) is 0 Å². The molecule has 1 N–H and O–H groups in total. The molecule has 0 saturated carbocycles. The highest BCUT2D eigenvalue weighted by molar-refractivity contribution is 5.28. The van der Waals surface area contributed by atoms with E-state index in [0.29, 0.717) is 0 Å². The SMILES string of the molecule is CNCCCCCCN1CCc2ccccc2CC1. The van der Waals surface area contributed by atoms with Gasteiger partial charge in [-0.2, -0.15) is 0 Å². The Balaban J connectivity index is 1.65. The molecule has 0 aliphatic carbocycles. The van der Waals surface area contributed by atoms with Gasteiger partial charge in [-0.25, -0.2) is 0 Å². The summed E-state index contributed by atoms with van der Waals surface area (Å²) in [4.78, 5) is 2.65. The summed E-state index contributed by atoms with van der Waals surface area (Å²) in [5, 5.41) is 3.22. The van der Waals surface area contributed by atoms with Gasteiger partial charge in [0.05, 0.1) is 0 Å². The first kappa shape index (κ1) is 14.5. The second-order valence-corrected chi connectivity index (χ2v) is 5.63. The Kier molecular flexibility index (Phi) is 6.38. The smallest absolute Gasteiger partial charge is 0.00221 e. The van der Waals surface area contributed by atoms with E-state index in [1.54, 1.807) is 11.1 Å². The van der Waals surface area contributed by atoms with Gasteiger partial charge in [0, 0.05) is 13.1 Å². The van der Waals surface area contributed by atoms with E-state index in [1.165, 1.54) is 64.7 Å². The van der Waals surface area contributed by atoms with Gasteiger partial charge < -0.3 is 10.2 Å². The third-order valence-corrected chi connectivity index (χ3v) is 4.16. The molecule has 1 heterocycles. The molecule has 2 nitrogen and oxygen atoms in total. The van der Waals surface area contributed by atoms with Gasteiger partial charge in [-0.3, -0.25) is 0 Å². The zero-order valence-electron chi connectivity index (χ0n) is 12.3. The summed E-state index contributed by atoms with van der Waals surface area (Å²) in [6, 6.07) is 8.96. The van der Waals surface area contributed by atoms with E-state index < -0.39 is 0 Å². The summed E-state index contributed by atoms with van der Waals surface area (Å²) < 4.78 is 0. The number of hydrogen-bond donors (Lipinski definition) is 1. The Labute approximate surface area is 118 Å². The summed E-state index contributed by atoms with van der Waals surface area (Å²) in [6.45, 7) is 4.94. The Bertz CT molecular complexity index is 335. The van der Waals surface area contributed by atoms with Gasteiger partial charge in [-0.15, -0.1) is 0 Å². The molecule has 0 atom stereocenters. The molecule has 0 aromatic heterocycles. The Morgan fingerprint density at radius 2 is 1.58 bits per heavy atom. The number of benzene rings is 1. The van der Waals surface area contributed by atoms with Crippen molar-refractivity contribution in [1.29, 1.82) is 0 Å². The van der Waals surface area contributed by atoms with Gasteiger partial charge in [0.25, 0.3) is 0 Å². The molecule has 2 rings (SSSR count). The molecule has 0 saturated heterocycles. The number of nitrogens with one attached hydrogen (secondary N) is 1. The van der Waals surface area contributed by atoms with Crippen molar-refractivity contribution in [1.82, 2.24) is 10.2 Å². The van der Waals surface area contributed by atoms with Crippen LogP contribution < -0.4 is 5.32 Å². The normalized spacial score (nSPS) is 16.1. The quantitative estimate of drug-likeness (QED) is 0.758. The molecule has 0 amide bonds. The molecule has 1 aliphatic rings.